The number of nitrogens with zero attached hydrogens (tertiary/aromatic N) is 1. The first kappa shape index (κ1) is 10.5. The summed E-state index contributed by atoms with van der Waals surface area (Å²) in [7, 11) is 0. The summed E-state index contributed by atoms with van der Waals surface area (Å²) in [4.78, 5) is 24.6. The van der Waals surface area contributed by atoms with Gasteiger partial charge in [-0.15, -0.1) is 0 Å². The molecule has 0 fully saturated rings. The number of aromatic amines is 1. The van der Waals surface area contributed by atoms with Crippen LogP contribution in [0.3, 0.4) is 0 Å². The van der Waals surface area contributed by atoms with Crippen LogP contribution in [-0.4, -0.2) is 27.4 Å². The highest BCUT2D eigenvalue weighted by Gasteiger charge is 2.02. The lowest BCUT2D eigenvalue weighted by atomic mass is 10.3. The molecule has 0 aliphatic rings. The van der Waals surface area contributed by atoms with Crippen LogP contribution in [0.2, 0.25) is 0 Å². The standard InChI is InChI=1S/C8H13N3O3/c1-2-6(12)5-10-11-7(13)3-4-9-8(11)14/h3-4,6,10,12H,2,5H2,1H3,(H,9,14). The van der Waals surface area contributed by atoms with Crippen LogP contribution in [-0.2, 0) is 0 Å². The summed E-state index contributed by atoms with van der Waals surface area (Å²) < 4.78 is 0.832. The molecule has 0 bridgehead atoms. The van der Waals surface area contributed by atoms with Gasteiger partial charge in [0.15, 0.2) is 0 Å². The van der Waals surface area contributed by atoms with E-state index in [0.717, 1.165) is 4.68 Å². The van der Waals surface area contributed by atoms with Gasteiger partial charge in [0, 0.05) is 12.3 Å². The zero-order valence-corrected chi connectivity index (χ0v) is 7.86. The number of rotatable bonds is 4. The molecule has 14 heavy (non-hydrogen) atoms. The number of H-pyrrole nitrogens is 1. The van der Waals surface area contributed by atoms with Gasteiger partial charge in [0.1, 0.15) is 0 Å². The van der Waals surface area contributed by atoms with Crippen LogP contribution in [0.4, 0.5) is 0 Å². The van der Waals surface area contributed by atoms with Crippen molar-refractivity contribution in [3.05, 3.63) is 33.1 Å². The number of aromatic nitrogens is 2. The van der Waals surface area contributed by atoms with Crippen LogP contribution in [0.25, 0.3) is 0 Å². The van der Waals surface area contributed by atoms with E-state index in [1.807, 2.05) is 6.92 Å². The normalized spacial score (nSPS) is 12.4. The highest BCUT2D eigenvalue weighted by Crippen LogP contribution is 1.85. The SMILES string of the molecule is CCC(O)CNn1c(=O)cc[nH]c1=O. The molecule has 1 unspecified atom stereocenters. The Balaban J connectivity index is 2.77. The molecule has 0 aromatic carbocycles. The highest BCUT2D eigenvalue weighted by atomic mass is 16.3. The zero-order chi connectivity index (χ0) is 10.6. The number of hydrogen-bond donors (Lipinski definition) is 3. The van der Waals surface area contributed by atoms with Gasteiger partial charge in [-0.1, -0.05) is 6.92 Å². The van der Waals surface area contributed by atoms with Crippen molar-refractivity contribution in [2.24, 2.45) is 0 Å². The van der Waals surface area contributed by atoms with Crippen molar-refractivity contribution in [1.29, 1.82) is 0 Å². The first-order valence-electron chi connectivity index (χ1n) is 4.38. The molecule has 0 saturated carbocycles. The Morgan fingerprint density at radius 3 is 2.93 bits per heavy atom. The first-order chi connectivity index (χ1) is 6.65. The molecule has 1 aromatic rings. The molecule has 0 aliphatic heterocycles. The molecule has 1 aromatic heterocycles. The van der Waals surface area contributed by atoms with Crippen molar-refractivity contribution in [2.75, 3.05) is 12.0 Å². The minimum atomic E-state index is -0.568. The second-order valence-electron chi connectivity index (χ2n) is 2.88. The van der Waals surface area contributed by atoms with Crippen molar-refractivity contribution in [3.8, 4) is 0 Å². The Labute approximate surface area is 80.2 Å². The summed E-state index contributed by atoms with van der Waals surface area (Å²) >= 11 is 0. The number of nitrogens with one attached hydrogen (secondary N) is 2. The summed E-state index contributed by atoms with van der Waals surface area (Å²) in [5.41, 5.74) is 1.55. The Kier molecular flexibility index (Phi) is 3.47. The molecule has 6 nitrogen and oxygen atoms in total. The van der Waals surface area contributed by atoms with Crippen LogP contribution in [0.15, 0.2) is 21.9 Å². The molecule has 0 radical (unpaired) electrons. The van der Waals surface area contributed by atoms with Crippen molar-refractivity contribution in [3.63, 3.8) is 0 Å². The second-order valence-corrected chi connectivity index (χ2v) is 2.88. The largest absolute Gasteiger partial charge is 0.391 e. The van der Waals surface area contributed by atoms with Gasteiger partial charge < -0.3 is 15.5 Å². The lowest BCUT2D eigenvalue weighted by Gasteiger charge is -2.10. The molecule has 0 spiro atoms. The van der Waals surface area contributed by atoms with Gasteiger partial charge in [-0.2, -0.15) is 4.68 Å². The van der Waals surface area contributed by atoms with Crippen LogP contribution in [0.1, 0.15) is 13.3 Å². The van der Waals surface area contributed by atoms with Gasteiger partial charge in [0.2, 0.25) is 0 Å². The minimum absolute atomic E-state index is 0.170. The Morgan fingerprint density at radius 1 is 1.64 bits per heavy atom. The molecule has 0 saturated heterocycles. The van der Waals surface area contributed by atoms with E-state index in [9.17, 15) is 14.7 Å². The van der Waals surface area contributed by atoms with Crippen molar-refractivity contribution in [2.45, 2.75) is 19.4 Å². The maximum atomic E-state index is 11.1. The summed E-state index contributed by atoms with van der Waals surface area (Å²) in [6.07, 6.45) is 1.27. The average molecular weight is 199 g/mol. The molecular weight excluding hydrogens is 186 g/mol. The predicted molar refractivity (Wildman–Crippen MR) is 51.8 cm³/mol. The fourth-order valence-corrected chi connectivity index (χ4v) is 0.914. The Hall–Kier alpha value is -1.56. The van der Waals surface area contributed by atoms with E-state index in [2.05, 4.69) is 10.4 Å². The van der Waals surface area contributed by atoms with Gasteiger partial charge in [0.05, 0.1) is 12.6 Å². The van der Waals surface area contributed by atoms with E-state index >= 15 is 0 Å². The lowest BCUT2D eigenvalue weighted by Crippen LogP contribution is -2.42. The summed E-state index contributed by atoms with van der Waals surface area (Å²) in [5, 5.41) is 9.21. The topological polar surface area (TPSA) is 87.1 Å². The van der Waals surface area contributed by atoms with Crippen LogP contribution < -0.4 is 16.7 Å². The third kappa shape index (κ3) is 2.46. The number of aliphatic hydroxyl groups is 1. The molecule has 3 N–H and O–H groups in total. The van der Waals surface area contributed by atoms with Gasteiger partial charge in [-0.3, -0.25) is 4.79 Å². The first-order valence-corrected chi connectivity index (χ1v) is 4.38. The molecular formula is C8H13N3O3. The summed E-state index contributed by atoms with van der Waals surface area (Å²) in [5.74, 6) is 0. The molecule has 1 heterocycles. The fourth-order valence-electron chi connectivity index (χ4n) is 0.914. The van der Waals surface area contributed by atoms with Gasteiger partial charge in [0.25, 0.3) is 5.56 Å². The van der Waals surface area contributed by atoms with Crippen LogP contribution >= 0.6 is 0 Å². The second kappa shape index (κ2) is 4.61. The van der Waals surface area contributed by atoms with Crippen molar-refractivity contribution >= 4 is 0 Å². The van der Waals surface area contributed by atoms with Crippen molar-refractivity contribution < 1.29 is 5.11 Å². The third-order valence-electron chi connectivity index (χ3n) is 1.81. The fraction of sp³-hybridized carbons (Fsp3) is 0.500. The minimum Gasteiger partial charge on any atom is -0.391 e. The maximum absolute atomic E-state index is 11.1. The molecule has 0 aliphatic carbocycles. The average Bonchev–Trinajstić information content (AvgIpc) is 2.16. The van der Waals surface area contributed by atoms with Gasteiger partial charge in [-0.25, -0.2) is 4.79 Å². The maximum Gasteiger partial charge on any atom is 0.347 e. The van der Waals surface area contributed by atoms with E-state index < -0.39 is 17.4 Å². The summed E-state index contributed by atoms with van der Waals surface area (Å²) in [6.45, 7) is 1.98. The molecule has 1 rings (SSSR count). The number of hydrogen-bond acceptors (Lipinski definition) is 4. The van der Waals surface area contributed by atoms with Gasteiger partial charge >= 0.3 is 5.69 Å². The van der Waals surface area contributed by atoms with Crippen LogP contribution in [0.5, 0.6) is 0 Å². The highest BCUT2D eigenvalue weighted by molar-refractivity contribution is 4.86. The molecule has 1 atom stereocenters. The molecule has 6 heteroatoms. The van der Waals surface area contributed by atoms with Crippen LogP contribution in [0, 0.1) is 0 Å². The predicted octanol–water partition coefficient (Wildman–Crippen LogP) is -1.15. The smallest absolute Gasteiger partial charge is 0.347 e. The van der Waals surface area contributed by atoms with E-state index in [-0.39, 0.29) is 6.54 Å². The van der Waals surface area contributed by atoms with E-state index in [1.54, 1.807) is 0 Å². The lowest BCUT2D eigenvalue weighted by molar-refractivity contribution is 0.179. The number of aliphatic hydroxyl groups excluding tert-OH is 1. The van der Waals surface area contributed by atoms with E-state index in [0.29, 0.717) is 6.42 Å². The Bertz CT molecular complexity index is 367. The Morgan fingerprint density at radius 2 is 2.36 bits per heavy atom. The van der Waals surface area contributed by atoms with E-state index in [4.69, 9.17) is 0 Å². The van der Waals surface area contributed by atoms with Gasteiger partial charge in [-0.05, 0) is 6.42 Å². The summed E-state index contributed by atoms with van der Waals surface area (Å²) in [6, 6.07) is 1.23. The van der Waals surface area contributed by atoms with E-state index in [1.165, 1.54) is 12.3 Å². The molecule has 78 valence electrons. The third-order valence-corrected chi connectivity index (χ3v) is 1.81. The monoisotopic (exact) mass is 199 g/mol. The zero-order valence-electron chi connectivity index (χ0n) is 7.86. The quantitative estimate of drug-likeness (QED) is 0.571. The van der Waals surface area contributed by atoms with Crippen molar-refractivity contribution in [1.82, 2.24) is 9.66 Å². The molecule has 0 amide bonds.